The molecule has 4 nitrogen and oxygen atoms in total. The van der Waals surface area contributed by atoms with E-state index < -0.39 is 6.10 Å². The van der Waals surface area contributed by atoms with Crippen LogP contribution in [0.25, 0.3) is 0 Å². The first-order chi connectivity index (χ1) is 8.17. The minimum Gasteiger partial charge on any atom is -0.496 e. The molecule has 0 fully saturated rings. The number of hydrogen-bond donors (Lipinski definition) is 3. The van der Waals surface area contributed by atoms with E-state index in [-0.39, 0.29) is 12.4 Å². The van der Waals surface area contributed by atoms with Gasteiger partial charge in [-0.3, -0.25) is 0 Å². The molecule has 0 heterocycles. The van der Waals surface area contributed by atoms with Gasteiger partial charge in [-0.2, -0.15) is 0 Å². The number of nitrogens with one attached hydrogen (secondary N) is 1. The average Bonchev–Trinajstić information content (AvgIpc) is 2.34. The highest BCUT2D eigenvalue weighted by Crippen LogP contribution is 2.19. The summed E-state index contributed by atoms with van der Waals surface area (Å²) in [7, 11) is 1.56. The van der Waals surface area contributed by atoms with Crippen LogP contribution in [0.4, 0.5) is 4.39 Å². The number of nitrogens with two attached hydrogens (primary N) is 1. The lowest BCUT2D eigenvalue weighted by Crippen LogP contribution is -2.33. The first-order valence-corrected chi connectivity index (χ1v) is 5.58. The summed E-state index contributed by atoms with van der Waals surface area (Å²) in [5, 5.41) is 12.3. The Kier molecular flexibility index (Phi) is 5.90. The Morgan fingerprint density at radius 1 is 1.53 bits per heavy atom. The molecule has 0 aliphatic rings. The van der Waals surface area contributed by atoms with Gasteiger partial charge in [-0.25, -0.2) is 4.39 Å². The molecule has 1 aromatic carbocycles. The minimum atomic E-state index is -0.538. The number of methoxy groups -OCH3 is 1. The highest BCUT2D eigenvalue weighted by atomic mass is 19.1. The van der Waals surface area contributed by atoms with E-state index in [2.05, 4.69) is 5.32 Å². The number of aliphatic hydroxyl groups is 1. The maximum atomic E-state index is 13.0. The number of aliphatic hydroxyl groups excluding tert-OH is 1. The summed E-state index contributed by atoms with van der Waals surface area (Å²) in [5.74, 6) is 0.398. The van der Waals surface area contributed by atoms with Crippen molar-refractivity contribution in [2.45, 2.75) is 12.5 Å². The SMILES string of the molecule is COc1ccc(F)cc1CCNCC(O)CN. The lowest BCUT2D eigenvalue weighted by atomic mass is 10.1. The van der Waals surface area contributed by atoms with Gasteiger partial charge in [-0.05, 0) is 36.7 Å². The third kappa shape index (κ3) is 4.68. The molecule has 0 radical (unpaired) electrons. The standard InChI is InChI=1S/C12H19FN2O2/c1-17-12-3-2-10(13)6-9(12)4-5-15-8-11(16)7-14/h2-3,6,11,15-16H,4-5,7-8,14H2,1H3. The number of benzene rings is 1. The molecule has 1 atom stereocenters. The van der Waals surface area contributed by atoms with Crippen LogP contribution in [0.3, 0.4) is 0 Å². The van der Waals surface area contributed by atoms with Crippen molar-refractivity contribution in [1.82, 2.24) is 5.32 Å². The van der Waals surface area contributed by atoms with Crippen LogP contribution in [-0.4, -0.2) is 38.0 Å². The van der Waals surface area contributed by atoms with E-state index in [0.29, 0.717) is 25.3 Å². The van der Waals surface area contributed by atoms with Crippen LogP contribution < -0.4 is 15.8 Å². The quantitative estimate of drug-likeness (QED) is 0.601. The molecule has 1 rings (SSSR count). The van der Waals surface area contributed by atoms with Crippen molar-refractivity contribution in [3.63, 3.8) is 0 Å². The molecule has 0 saturated heterocycles. The zero-order valence-electron chi connectivity index (χ0n) is 9.95. The minimum absolute atomic E-state index is 0.232. The summed E-state index contributed by atoms with van der Waals surface area (Å²) in [6.07, 6.45) is 0.0995. The Hall–Kier alpha value is -1.17. The lowest BCUT2D eigenvalue weighted by Gasteiger charge is -2.11. The van der Waals surface area contributed by atoms with E-state index in [1.165, 1.54) is 12.1 Å². The molecule has 0 bridgehead atoms. The monoisotopic (exact) mass is 242 g/mol. The topological polar surface area (TPSA) is 67.5 Å². The number of halogens is 1. The summed E-state index contributed by atoms with van der Waals surface area (Å²) in [4.78, 5) is 0. The Balaban J connectivity index is 2.42. The zero-order chi connectivity index (χ0) is 12.7. The highest BCUT2D eigenvalue weighted by Gasteiger charge is 2.05. The van der Waals surface area contributed by atoms with E-state index in [9.17, 15) is 9.50 Å². The van der Waals surface area contributed by atoms with E-state index >= 15 is 0 Å². The summed E-state index contributed by atoms with van der Waals surface area (Å²) >= 11 is 0. The Bertz CT molecular complexity index is 347. The Morgan fingerprint density at radius 3 is 2.94 bits per heavy atom. The van der Waals surface area contributed by atoms with Gasteiger partial charge in [0.25, 0.3) is 0 Å². The number of hydrogen-bond acceptors (Lipinski definition) is 4. The van der Waals surface area contributed by atoms with Crippen molar-refractivity contribution in [3.05, 3.63) is 29.6 Å². The second-order valence-electron chi connectivity index (χ2n) is 3.80. The molecule has 96 valence electrons. The molecule has 1 aromatic rings. The lowest BCUT2D eigenvalue weighted by molar-refractivity contribution is 0.180. The van der Waals surface area contributed by atoms with Gasteiger partial charge in [-0.15, -0.1) is 0 Å². The number of ether oxygens (including phenoxy) is 1. The van der Waals surface area contributed by atoms with Crippen LogP contribution in [0.5, 0.6) is 5.75 Å². The van der Waals surface area contributed by atoms with Gasteiger partial charge in [0.2, 0.25) is 0 Å². The maximum Gasteiger partial charge on any atom is 0.123 e. The molecular formula is C12H19FN2O2. The number of rotatable bonds is 7. The summed E-state index contributed by atoms with van der Waals surface area (Å²) < 4.78 is 18.2. The summed E-state index contributed by atoms with van der Waals surface area (Å²) in [6.45, 7) is 1.31. The predicted molar refractivity (Wildman–Crippen MR) is 64.6 cm³/mol. The second-order valence-corrected chi connectivity index (χ2v) is 3.80. The van der Waals surface area contributed by atoms with Crippen molar-refractivity contribution < 1.29 is 14.2 Å². The third-order valence-electron chi connectivity index (χ3n) is 2.47. The van der Waals surface area contributed by atoms with Gasteiger partial charge >= 0.3 is 0 Å². The van der Waals surface area contributed by atoms with Gasteiger partial charge in [0, 0.05) is 13.1 Å². The molecule has 0 spiro atoms. The molecule has 0 aromatic heterocycles. The molecule has 0 aliphatic carbocycles. The second kappa shape index (κ2) is 7.21. The highest BCUT2D eigenvalue weighted by molar-refractivity contribution is 5.34. The maximum absolute atomic E-state index is 13.0. The molecule has 0 amide bonds. The normalized spacial score (nSPS) is 12.5. The van der Waals surface area contributed by atoms with Crippen molar-refractivity contribution in [3.8, 4) is 5.75 Å². The molecule has 0 aliphatic heterocycles. The molecule has 1 unspecified atom stereocenters. The van der Waals surface area contributed by atoms with Crippen molar-refractivity contribution in [2.75, 3.05) is 26.7 Å². The van der Waals surface area contributed by atoms with Crippen LogP contribution in [0.2, 0.25) is 0 Å². The van der Waals surface area contributed by atoms with Crippen LogP contribution in [0.15, 0.2) is 18.2 Å². The van der Waals surface area contributed by atoms with Crippen LogP contribution in [0, 0.1) is 5.82 Å². The molecule has 4 N–H and O–H groups in total. The Morgan fingerprint density at radius 2 is 2.29 bits per heavy atom. The van der Waals surface area contributed by atoms with Crippen LogP contribution in [-0.2, 0) is 6.42 Å². The van der Waals surface area contributed by atoms with Gasteiger partial charge in [0.15, 0.2) is 0 Å². The summed E-state index contributed by atoms with van der Waals surface area (Å²) in [6, 6.07) is 4.44. The first-order valence-electron chi connectivity index (χ1n) is 5.58. The van der Waals surface area contributed by atoms with E-state index in [1.54, 1.807) is 13.2 Å². The van der Waals surface area contributed by atoms with E-state index in [1.807, 2.05) is 0 Å². The van der Waals surface area contributed by atoms with Gasteiger partial charge in [0.05, 0.1) is 13.2 Å². The Labute approximate surface area is 101 Å². The fraction of sp³-hybridized carbons (Fsp3) is 0.500. The molecule has 0 saturated carbocycles. The van der Waals surface area contributed by atoms with Gasteiger partial charge in [-0.1, -0.05) is 0 Å². The largest absolute Gasteiger partial charge is 0.496 e. The van der Waals surface area contributed by atoms with E-state index in [4.69, 9.17) is 10.5 Å². The van der Waals surface area contributed by atoms with Crippen LogP contribution >= 0.6 is 0 Å². The van der Waals surface area contributed by atoms with Gasteiger partial charge < -0.3 is 20.9 Å². The average molecular weight is 242 g/mol. The predicted octanol–water partition coefficient (Wildman–Crippen LogP) is 0.286. The fourth-order valence-electron chi connectivity index (χ4n) is 1.52. The van der Waals surface area contributed by atoms with Gasteiger partial charge in [0.1, 0.15) is 11.6 Å². The van der Waals surface area contributed by atoms with Crippen molar-refractivity contribution in [1.29, 1.82) is 0 Å². The van der Waals surface area contributed by atoms with Crippen LogP contribution in [0.1, 0.15) is 5.56 Å². The third-order valence-corrected chi connectivity index (χ3v) is 2.47. The molecule has 5 heteroatoms. The molecule has 17 heavy (non-hydrogen) atoms. The molecular weight excluding hydrogens is 223 g/mol. The van der Waals surface area contributed by atoms with Crippen molar-refractivity contribution >= 4 is 0 Å². The zero-order valence-corrected chi connectivity index (χ0v) is 9.95. The first kappa shape index (κ1) is 13.9. The van der Waals surface area contributed by atoms with E-state index in [0.717, 1.165) is 5.56 Å². The smallest absolute Gasteiger partial charge is 0.123 e. The summed E-state index contributed by atoms with van der Waals surface area (Å²) in [5.41, 5.74) is 6.08. The fourth-order valence-corrected chi connectivity index (χ4v) is 1.52. The van der Waals surface area contributed by atoms with Crippen molar-refractivity contribution in [2.24, 2.45) is 5.73 Å².